The minimum absolute atomic E-state index is 0.432. The van der Waals surface area contributed by atoms with Crippen LogP contribution in [0.5, 0.6) is 0 Å². The molecule has 1 aliphatic rings. The molecule has 1 aliphatic carbocycles. The number of benzene rings is 1. The predicted molar refractivity (Wildman–Crippen MR) is 106 cm³/mol. The maximum absolute atomic E-state index is 6.47. The highest BCUT2D eigenvalue weighted by Crippen LogP contribution is 2.38. The van der Waals surface area contributed by atoms with Crippen molar-refractivity contribution in [2.75, 3.05) is 0 Å². The summed E-state index contributed by atoms with van der Waals surface area (Å²) in [6.45, 7) is 2.78. The first kappa shape index (κ1) is 16.6. The van der Waals surface area contributed by atoms with E-state index in [0.717, 1.165) is 53.0 Å². The fourth-order valence-electron chi connectivity index (χ4n) is 3.84. The van der Waals surface area contributed by atoms with Crippen LogP contribution in [0.4, 0.5) is 0 Å². The molecule has 3 heterocycles. The zero-order valence-electron chi connectivity index (χ0n) is 15.2. The first-order valence-electron chi connectivity index (χ1n) is 9.27. The van der Waals surface area contributed by atoms with Gasteiger partial charge in [0.15, 0.2) is 5.82 Å². The van der Waals surface area contributed by atoms with Gasteiger partial charge < -0.3 is 10.3 Å². The maximum Gasteiger partial charge on any atom is 0.268 e. The van der Waals surface area contributed by atoms with Crippen molar-refractivity contribution in [1.82, 2.24) is 19.9 Å². The largest absolute Gasteiger partial charge is 0.333 e. The molecule has 0 spiro atoms. The topological polar surface area (TPSA) is 82.8 Å². The fraction of sp³-hybridized carbons (Fsp3) is 0.350. The number of nitrogens with two attached hydrogens (primary N) is 1. The summed E-state index contributed by atoms with van der Waals surface area (Å²) < 4.78 is 7.61. The summed E-state index contributed by atoms with van der Waals surface area (Å²) in [6.07, 6.45) is 4.09. The first-order valence-corrected chi connectivity index (χ1v) is 10.1. The Kier molecular flexibility index (Phi) is 3.87. The normalized spacial score (nSPS) is 16.4. The molecule has 0 saturated heterocycles. The van der Waals surface area contributed by atoms with Crippen LogP contribution in [0.3, 0.4) is 0 Å². The molecule has 138 valence electrons. The molecule has 0 atom stereocenters. The summed E-state index contributed by atoms with van der Waals surface area (Å²) in [5.41, 5.74) is 8.27. The number of hydrogen-bond donors (Lipinski definition) is 1. The van der Waals surface area contributed by atoms with E-state index in [1.54, 1.807) is 11.3 Å². The van der Waals surface area contributed by atoms with Gasteiger partial charge in [-0.15, -0.1) is 11.3 Å². The summed E-state index contributed by atoms with van der Waals surface area (Å²) >= 11 is 1.64. The molecule has 3 aromatic heterocycles. The van der Waals surface area contributed by atoms with E-state index in [9.17, 15) is 0 Å². The fourth-order valence-corrected chi connectivity index (χ4v) is 4.92. The minimum Gasteiger partial charge on any atom is -0.333 e. The van der Waals surface area contributed by atoms with Crippen LogP contribution >= 0.6 is 11.3 Å². The lowest BCUT2D eigenvalue weighted by atomic mass is 9.99. The van der Waals surface area contributed by atoms with Gasteiger partial charge in [0.2, 0.25) is 0 Å². The molecular weight excluding hydrogens is 358 g/mol. The van der Waals surface area contributed by atoms with E-state index in [2.05, 4.69) is 28.3 Å². The average molecular weight is 379 g/mol. The average Bonchev–Trinajstić information content (AvgIpc) is 3.43. The SMILES string of the molecule is Cc1nn(Cc2ccccc2)c2sc(-c3nc(C4(N)CCCC4)no3)cc12. The van der Waals surface area contributed by atoms with Gasteiger partial charge in [0.25, 0.3) is 5.89 Å². The molecule has 1 aromatic carbocycles. The second-order valence-corrected chi connectivity index (χ2v) is 8.38. The Morgan fingerprint density at radius 3 is 2.78 bits per heavy atom. The van der Waals surface area contributed by atoms with Crippen molar-refractivity contribution >= 4 is 21.6 Å². The lowest BCUT2D eigenvalue weighted by Crippen LogP contribution is -2.34. The summed E-state index contributed by atoms with van der Waals surface area (Å²) in [5, 5.41) is 10.0. The van der Waals surface area contributed by atoms with Gasteiger partial charge in [-0.2, -0.15) is 10.1 Å². The van der Waals surface area contributed by atoms with E-state index in [4.69, 9.17) is 15.4 Å². The molecule has 0 radical (unpaired) electrons. The van der Waals surface area contributed by atoms with Crippen LogP contribution in [0, 0.1) is 6.92 Å². The molecule has 2 N–H and O–H groups in total. The van der Waals surface area contributed by atoms with Crippen molar-refractivity contribution < 1.29 is 4.52 Å². The van der Waals surface area contributed by atoms with Gasteiger partial charge in [0.05, 0.1) is 22.7 Å². The van der Waals surface area contributed by atoms with Crippen molar-refractivity contribution in [1.29, 1.82) is 0 Å². The molecule has 0 bridgehead atoms. The number of hydrogen-bond acceptors (Lipinski definition) is 6. The monoisotopic (exact) mass is 379 g/mol. The van der Waals surface area contributed by atoms with E-state index in [1.807, 2.05) is 29.8 Å². The number of aromatic nitrogens is 4. The lowest BCUT2D eigenvalue weighted by molar-refractivity contribution is 0.373. The van der Waals surface area contributed by atoms with E-state index in [-0.39, 0.29) is 0 Å². The molecule has 27 heavy (non-hydrogen) atoms. The molecule has 7 heteroatoms. The number of thiophene rings is 1. The Morgan fingerprint density at radius 1 is 1.22 bits per heavy atom. The third-order valence-electron chi connectivity index (χ3n) is 5.36. The van der Waals surface area contributed by atoms with Gasteiger partial charge >= 0.3 is 0 Å². The van der Waals surface area contributed by atoms with E-state index in [0.29, 0.717) is 11.7 Å². The van der Waals surface area contributed by atoms with Crippen LogP contribution in [-0.4, -0.2) is 19.9 Å². The van der Waals surface area contributed by atoms with Crippen LogP contribution in [-0.2, 0) is 12.1 Å². The summed E-state index contributed by atoms with van der Waals surface area (Å²) in [6, 6.07) is 12.5. The first-order chi connectivity index (χ1) is 13.1. The highest BCUT2D eigenvalue weighted by Gasteiger charge is 2.36. The standard InChI is InChI=1S/C20H21N5OS/c1-13-15-11-16(17-22-19(24-26-17)20(21)9-5-6-10-20)27-18(15)25(23-13)12-14-7-3-2-4-8-14/h2-4,7-8,11H,5-6,9-10,12,21H2,1H3. The maximum atomic E-state index is 6.47. The third kappa shape index (κ3) is 2.87. The minimum atomic E-state index is -0.432. The Morgan fingerprint density at radius 2 is 2.00 bits per heavy atom. The highest BCUT2D eigenvalue weighted by molar-refractivity contribution is 7.21. The molecule has 6 nitrogen and oxygen atoms in total. The molecule has 5 rings (SSSR count). The van der Waals surface area contributed by atoms with Gasteiger partial charge in [-0.1, -0.05) is 48.3 Å². The molecule has 4 aromatic rings. The second-order valence-electron chi connectivity index (χ2n) is 7.34. The quantitative estimate of drug-likeness (QED) is 0.574. The molecule has 0 aliphatic heterocycles. The zero-order chi connectivity index (χ0) is 18.4. The molecule has 0 amide bonds. The molecule has 1 fully saturated rings. The summed E-state index contributed by atoms with van der Waals surface area (Å²) in [5.74, 6) is 1.18. The summed E-state index contributed by atoms with van der Waals surface area (Å²) in [7, 11) is 0. The van der Waals surface area contributed by atoms with Crippen LogP contribution in [0.15, 0.2) is 40.9 Å². The lowest BCUT2D eigenvalue weighted by Gasteiger charge is -2.17. The number of nitrogens with zero attached hydrogens (tertiary/aromatic N) is 4. The Labute approximate surface area is 161 Å². The smallest absolute Gasteiger partial charge is 0.268 e. The van der Waals surface area contributed by atoms with Crippen LogP contribution in [0.2, 0.25) is 0 Å². The molecular formula is C20H21N5OS. The van der Waals surface area contributed by atoms with Gasteiger partial charge in [0.1, 0.15) is 4.83 Å². The highest BCUT2D eigenvalue weighted by atomic mass is 32.1. The van der Waals surface area contributed by atoms with Gasteiger partial charge in [-0.3, -0.25) is 4.68 Å². The van der Waals surface area contributed by atoms with E-state index in [1.165, 1.54) is 5.56 Å². The van der Waals surface area contributed by atoms with Crippen molar-refractivity contribution in [3.05, 3.63) is 53.5 Å². The van der Waals surface area contributed by atoms with Crippen LogP contribution in [0.1, 0.15) is 42.8 Å². The van der Waals surface area contributed by atoms with Crippen LogP contribution in [0.25, 0.3) is 21.0 Å². The number of aryl methyl sites for hydroxylation is 1. The van der Waals surface area contributed by atoms with Gasteiger partial charge in [-0.05, 0) is 31.4 Å². The van der Waals surface area contributed by atoms with Crippen LogP contribution < -0.4 is 5.73 Å². The Bertz CT molecular complexity index is 1090. The Balaban J connectivity index is 1.50. The predicted octanol–water partition coefficient (Wildman–Crippen LogP) is 4.23. The number of rotatable bonds is 4. The third-order valence-corrected chi connectivity index (χ3v) is 6.50. The second kappa shape index (κ2) is 6.28. The van der Waals surface area contributed by atoms with Crippen molar-refractivity contribution in [2.45, 2.75) is 44.7 Å². The number of fused-ring (bicyclic) bond motifs is 1. The van der Waals surface area contributed by atoms with Crippen molar-refractivity contribution in [3.63, 3.8) is 0 Å². The van der Waals surface area contributed by atoms with Crippen molar-refractivity contribution in [2.24, 2.45) is 5.73 Å². The van der Waals surface area contributed by atoms with Crippen molar-refractivity contribution in [3.8, 4) is 10.8 Å². The van der Waals surface area contributed by atoms with Gasteiger partial charge in [0, 0.05) is 5.39 Å². The van der Waals surface area contributed by atoms with Gasteiger partial charge in [-0.25, -0.2) is 0 Å². The van der Waals surface area contributed by atoms with E-state index < -0.39 is 5.54 Å². The molecule has 1 saturated carbocycles. The zero-order valence-corrected chi connectivity index (χ0v) is 16.0. The molecule has 0 unspecified atom stereocenters. The summed E-state index contributed by atoms with van der Waals surface area (Å²) in [4.78, 5) is 6.72. The Hall–Kier alpha value is -2.51. The van der Waals surface area contributed by atoms with E-state index >= 15 is 0 Å².